The van der Waals surface area contributed by atoms with Crippen molar-refractivity contribution < 1.29 is 9.90 Å². The Morgan fingerprint density at radius 1 is 1.53 bits per heavy atom. The first kappa shape index (κ1) is 12.2. The zero-order valence-corrected chi connectivity index (χ0v) is 9.32. The number of carboxylic acids is 1. The first-order valence-electron chi connectivity index (χ1n) is 5.80. The smallest absolute Gasteiger partial charge is 0.304 e. The van der Waals surface area contributed by atoms with E-state index in [2.05, 4.69) is 11.5 Å². The first-order valence-corrected chi connectivity index (χ1v) is 5.80. The van der Waals surface area contributed by atoms with Gasteiger partial charge in [-0.1, -0.05) is 12.5 Å². The van der Waals surface area contributed by atoms with Crippen LogP contribution in [0.1, 0.15) is 38.5 Å². The molecule has 3 heteroatoms. The molecule has 1 saturated heterocycles. The summed E-state index contributed by atoms with van der Waals surface area (Å²) < 4.78 is 0. The van der Waals surface area contributed by atoms with E-state index in [1.165, 1.54) is 12.8 Å². The molecule has 1 atom stereocenters. The lowest BCUT2D eigenvalue weighted by Gasteiger charge is -2.34. The number of nitrogens with zero attached hydrogens (tertiary/aromatic N) is 1. The average molecular weight is 211 g/mol. The number of hydrogen-bond donors (Lipinski definition) is 1. The van der Waals surface area contributed by atoms with Gasteiger partial charge in [0.05, 0.1) is 6.42 Å². The summed E-state index contributed by atoms with van der Waals surface area (Å²) in [7, 11) is 0. The lowest BCUT2D eigenvalue weighted by Crippen LogP contribution is -2.41. The second kappa shape index (κ2) is 6.62. The van der Waals surface area contributed by atoms with E-state index >= 15 is 0 Å². The Morgan fingerprint density at radius 3 is 3.00 bits per heavy atom. The molecule has 0 radical (unpaired) electrons. The summed E-state index contributed by atoms with van der Waals surface area (Å²) in [5.74, 6) is -0.671. The van der Waals surface area contributed by atoms with Gasteiger partial charge in [0.1, 0.15) is 0 Å². The van der Waals surface area contributed by atoms with Crippen LogP contribution in [0.3, 0.4) is 0 Å². The number of carbonyl (C=O) groups is 1. The van der Waals surface area contributed by atoms with Crippen molar-refractivity contribution in [2.75, 3.05) is 13.1 Å². The van der Waals surface area contributed by atoms with Gasteiger partial charge in [0.15, 0.2) is 0 Å². The number of aliphatic carboxylic acids is 1. The van der Waals surface area contributed by atoms with Crippen molar-refractivity contribution in [3.63, 3.8) is 0 Å². The summed E-state index contributed by atoms with van der Waals surface area (Å²) in [4.78, 5) is 13.0. The third kappa shape index (κ3) is 4.47. The van der Waals surface area contributed by atoms with Crippen LogP contribution in [0.15, 0.2) is 12.7 Å². The van der Waals surface area contributed by atoms with Gasteiger partial charge in [-0.3, -0.25) is 9.69 Å². The molecule has 15 heavy (non-hydrogen) atoms. The normalized spacial score (nSPS) is 22.5. The lowest BCUT2D eigenvalue weighted by atomic mass is 9.99. The standard InChI is InChI=1S/C12H21NO2/c1-2-3-5-8-13-9-6-4-7-11(13)10-12(14)15/h2,11H,1,3-10H2,(H,14,15). The average Bonchev–Trinajstić information content (AvgIpc) is 2.20. The summed E-state index contributed by atoms with van der Waals surface area (Å²) in [6.45, 7) is 5.78. The zero-order valence-electron chi connectivity index (χ0n) is 9.32. The Balaban J connectivity index is 2.35. The molecule has 0 aromatic heterocycles. The molecule has 0 aromatic carbocycles. The van der Waals surface area contributed by atoms with E-state index in [1.54, 1.807) is 0 Å². The van der Waals surface area contributed by atoms with Crippen LogP contribution < -0.4 is 0 Å². The fraction of sp³-hybridized carbons (Fsp3) is 0.750. The number of rotatable bonds is 6. The minimum Gasteiger partial charge on any atom is -0.481 e. The van der Waals surface area contributed by atoms with Crippen molar-refractivity contribution in [1.29, 1.82) is 0 Å². The van der Waals surface area contributed by atoms with Crippen molar-refractivity contribution in [2.24, 2.45) is 0 Å². The molecule has 0 saturated carbocycles. The van der Waals surface area contributed by atoms with Crippen LogP contribution in [-0.2, 0) is 4.79 Å². The second-order valence-corrected chi connectivity index (χ2v) is 4.21. The predicted octanol–water partition coefficient (Wildman–Crippen LogP) is 2.28. The van der Waals surface area contributed by atoms with E-state index < -0.39 is 5.97 Å². The fourth-order valence-corrected chi connectivity index (χ4v) is 2.23. The SMILES string of the molecule is C=CCCCN1CCCCC1CC(=O)O. The van der Waals surface area contributed by atoms with Gasteiger partial charge in [-0.2, -0.15) is 0 Å². The summed E-state index contributed by atoms with van der Waals surface area (Å²) in [5.41, 5.74) is 0. The van der Waals surface area contributed by atoms with Gasteiger partial charge in [-0.25, -0.2) is 0 Å². The quantitative estimate of drug-likeness (QED) is 0.541. The van der Waals surface area contributed by atoms with Gasteiger partial charge < -0.3 is 5.11 Å². The highest BCUT2D eigenvalue weighted by Crippen LogP contribution is 2.20. The van der Waals surface area contributed by atoms with Crippen LogP contribution in [0.25, 0.3) is 0 Å². The highest BCUT2D eigenvalue weighted by Gasteiger charge is 2.23. The maximum atomic E-state index is 10.7. The molecule has 3 nitrogen and oxygen atoms in total. The van der Waals surface area contributed by atoms with Crippen molar-refractivity contribution in [3.05, 3.63) is 12.7 Å². The molecular formula is C12H21NO2. The summed E-state index contributed by atoms with van der Waals surface area (Å²) in [5, 5.41) is 8.81. The van der Waals surface area contributed by atoms with Crippen LogP contribution in [0.4, 0.5) is 0 Å². The molecule has 0 aliphatic carbocycles. The predicted molar refractivity (Wildman–Crippen MR) is 60.9 cm³/mol. The van der Waals surface area contributed by atoms with E-state index in [0.717, 1.165) is 32.4 Å². The molecular weight excluding hydrogens is 190 g/mol. The molecule has 86 valence electrons. The number of hydrogen-bond acceptors (Lipinski definition) is 2. The van der Waals surface area contributed by atoms with Gasteiger partial charge in [0, 0.05) is 6.04 Å². The van der Waals surface area contributed by atoms with E-state index in [0.29, 0.717) is 6.42 Å². The van der Waals surface area contributed by atoms with Gasteiger partial charge in [-0.15, -0.1) is 6.58 Å². The van der Waals surface area contributed by atoms with Crippen LogP contribution in [0.5, 0.6) is 0 Å². The van der Waals surface area contributed by atoms with Gasteiger partial charge in [0.2, 0.25) is 0 Å². The molecule has 1 heterocycles. The highest BCUT2D eigenvalue weighted by molar-refractivity contribution is 5.67. The number of likely N-dealkylation sites (tertiary alicyclic amines) is 1. The van der Waals surface area contributed by atoms with E-state index in [1.807, 2.05) is 6.08 Å². The maximum Gasteiger partial charge on any atom is 0.304 e. The van der Waals surface area contributed by atoms with Crippen LogP contribution >= 0.6 is 0 Å². The lowest BCUT2D eigenvalue weighted by molar-refractivity contribution is -0.138. The summed E-state index contributed by atoms with van der Waals surface area (Å²) in [6, 6.07) is 0.265. The Kier molecular flexibility index (Phi) is 5.40. The topological polar surface area (TPSA) is 40.5 Å². The molecule has 0 spiro atoms. The molecule has 1 aliphatic rings. The minimum absolute atomic E-state index is 0.265. The Bertz CT molecular complexity index is 216. The zero-order chi connectivity index (χ0) is 11.1. The van der Waals surface area contributed by atoms with E-state index in [9.17, 15) is 4.79 Å². The van der Waals surface area contributed by atoms with Crippen molar-refractivity contribution in [2.45, 2.75) is 44.6 Å². The monoisotopic (exact) mass is 211 g/mol. The molecule has 1 N–H and O–H groups in total. The molecule has 1 aliphatic heterocycles. The Hall–Kier alpha value is -0.830. The second-order valence-electron chi connectivity index (χ2n) is 4.21. The molecule has 0 amide bonds. The van der Waals surface area contributed by atoms with Crippen LogP contribution in [0.2, 0.25) is 0 Å². The van der Waals surface area contributed by atoms with E-state index in [4.69, 9.17) is 5.11 Å². The largest absolute Gasteiger partial charge is 0.481 e. The maximum absolute atomic E-state index is 10.7. The van der Waals surface area contributed by atoms with Gasteiger partial charge in [-0.05, 0) is 38.8 Å². The Labute approximate surface area is 91.8 Å². The van der Waals surface area contributed by atoms with Gasteiger partial charge >= 0.3 is 5.97 Å². The summed E-state index contributed by atoms with van der Waals surface area (Å²) >= 11 is 0. The van der Waals surface area contributed by atoms with Crippen molar-refractivity contribution >= 4 is 5.97 Å². The third-order valence-corrected chi connectivity index (χ3v) is 3.01. The third-order valence-electron chi connectivity index (χ3n) is 3.01. The van der Waals surface area contributed by atoms with E-state index in [-0.39, 0.29) is 6.04 Å². The molecule has 0 bridgehead atoms. The Morgan fingerprint density at radius 2 is 2.33 bits per heavy atom. The minimum atomic E-state index is -0.671. The molecule has 1 unspecified atom stereocenters. The first-order chi connectivity index (χ1) is 7.24. The van der Waals surface area contributed by atoms with Crippen LogP contribution in [0, 0.1) is 0 Å². The van der Waals surface area contributed by atoms with Crippen LogP contribution in [-0.4, -0.2) is 35.1 Å². The molecule has 1 rings (SSSR count). The fourth-order valence-electron chi connectivity index (χ4n) is 2.23. The van der Waals surface area contributed by atoms with Crippen molar-refractivity contribution in [1.82, 2.24) is 4.90 Å². The summed E-state index contributed by atoms with van der Waals surface area (Å²) in [6.07, 6.45) is 7.78. The molecule has 0 aromatic rings. The van der Waals surface area contributed by atoms with Gasteiger partial charge in [0.25, 0.3) is 0 Å². The molecule has 1 fully saturated rings. The number of carboxylic acid groups (broad SMARTS) is 1. The van der Waals surface area contributed by atoms with Crippen molar-refractivity contribution in [3.8, 4) is 0 Å². The highest BCUT2D eigenvalue weighted by atomic mass is 16.4. The number of piperidine rings is 1. The number of allylic oxidation sites excluding steroid dienone is 1. The number of unbranched alkanes of at least 4 members (excludes halogenated alkanes) is 1.